The molecule has 1 N–H and O–H groups in total. The van der Waals surface area contributed by atoms with Crippen LogP contribution in [-0.2, 0) is 20.6 Å². The predicted molar refractivity (Wildman–Crippen MR) is 77.9 cm³/mol. The maximum atomic E-state index is 11.8. The molecule has 0 saturated carbocycles. The normalized spacial score (nSPS) is 12.0. The van der Waals surface area contributed by atoms with Gasteiger partial charge in [0.05, 0.1) is 10.7 Å². The van der Waals surface area contributed by atoms with E-state index in [4.69, 9.17) is 0 Å². The Hall–Kier alpha value is -2.22. The summed E-state index contributed by atoms with van der Waals surface area (Å²) in [4.78, 5) is 21.6. The Balaban J connectivity index is 2.79. The van der Waals surface area contributed by atoms with Crippen LogP contribution < -0.4 is 4.72 Å². The summed E-state index contributed by atoms with van der Waals surface area (Å²) in [5.74, 6) is -1.09. The highest BCUT2D eigenvalue weighted by Gasteiger charge is 2.17. The summed E-state index contributed by atoms with van der Waals surface area (Å²) < 4.78 is 25.6. The Kier molecular flexibility index (Phi) is 5.60. The molecule has 0 unspecified atom stereocenters. The zero-order valence-corrected chi connectivity index (χ0v) is 12.5. The minimum absolute atomic E-state index is 0.123. The molecule has 0 radical (unpaired) electrons. The number of benzene rings is 1. The molecule has 114 valence electrons. The van der Waals surface area contributed by atoms with Crippen molar-refractivity contribution in [2.24, 2.45) is 0 Å². The van der Waals surface area contributed by atoms with Crippen molar-refractivity contribution in [2.75, 3.05) is 0 Å². The second kappa shape index (κ2) is 6.98. The summed E-state index contributed by atoms with van der Waals surface area (Å²) >= 11 is 0. The number of sulfonamides is 1. The van der Waals surface area contributed by atoms with Gasteiger partial charge in [-0.2, -0.15) is 0 Å². The first-order valence-electron chi connectivity index (χ1n) is 6.20. The van der Waals surface area contributed by atoms with Crippen LogP contribution in [-0.4, -0.2) is 19.2 Å². The lowest BCUT2D eigenvalue weighted by Crippen LogP contribution is -2.32. The first-order valence-corrected chi connectivity index (χ1v) is 7.85. The third-order valence-electron chi connectivity index (χ3n) is 2.62. The van der Waals surface area contributed by atoms with Crippen LogP contribution in [0.5, 0.6) is 0 Å². The Morgan fingerprint density at radius 2 is 1.90 bits per heavy atom. The number of nitrogens with one attached hydrogen (secondary N) is 1. The van der Waals surface area contributed by atoms with Gasteiger partial charge in [0, 0.05) is 17.7 Å². The third-order valence-corrected chi connectivity index (χ3v) is 3.83. The SMILES string of the molecule is CCC=C(C)C(=O)NS(=O)(=O)Cc1ccc([N+](=O)[O-])cc1. The van der Waals surface area contributed by atoms with Crippen LogP contribution in [0.25, 0.3) is 0 Å². The number of nitrogens with zero attached hydrogens (tertiary/aromatic N) is 1. The third kappa shape index (κ3) is 5.35. The van der Waals surface area contributed by atoms with Gasteiger partial charge in [-0.25, -0.2) is 13.1 Å². The predicted octanol–water partition coefficient (Wildman–Crippen LogP) is 1.90. The van der Waals surface area contributed by atoms with Crippen molar-refractivity contribution >= 4 is 21.6 Å². The fourth-order valence-electron chi connectivity index (χ4n) is 1.59. The van der Waals surface area contributed by atoms with Crippen molar-refractivity contribution in [1.82, 2.24) is 4.72 Å². The molecule has 21 heavy (non-hydrogen) atoms. The Labute approximate surface area is 122 Å². The first-order chi connectivity index (χ1) is 9.75. The number of carbonyl (C=O) groups is 1. The molecule has 0 aliphatic heterocycles. The lowest BCUT2D eigenvalue weighted by Gasteiger charge is -2.07. The van der Waals surface area contributed by atoms with Crippen molar-refractivity contribution in [1.29, 1.82) is 0 Å². The topological polar surface area (TPSA) is 106 Å². The summed E-state index contributed by atoms with van der Waals surface area (Å²) in [5.41, 5.74) is 0.560. The minimum Gasteiger partial charge on any atom is -0.269 e. The maximum Gasteiger partial charge on any atom is 0.269 e. The number of hydrogen-bond donors (Lipinski definition) is 1. The van der Waals surface area contributed by atoms with E-state index in [1.807, 2.05) is 11.6 Å². The van der Waals surface area contributed by atoms with E-state index < -0.39 is 26.6 Å². The summed E-state index contributed by atoms with van der Waals surface area (Å²) in [7, 11) is -3.84. The van der Waals surface area contributed by atoms with Crippen LogP contribution in [0.3, 0.4) is 0 Å². The largest absolute Gasteiger partial charge is 0.269 e. The van der Waals surface area contributed by atoms with Gasteiger partial charge in [0.2, 0.25) is 10.0 Å². The van der Waals surface area contributed by atoms with E-state index in [-0.39, 0.29) is 5.69 Å². The average molecular weight is 312 g/mol. The summed E-state index contributed by atoms with van der Waals surface area (Å²) in [6.07, 6.45) is 2.25. The van der Waals surface area contributed by atoms with Crippen LogP contribution >= 0.6 is 0 Å². The van der Waals surface area contributed by atoms with Crippen molar-refractivity contribution in [2.45, 2.75) is 26.0 Å². The van der Waals surface area contributed by atoms with E-state index in [0.717, 1.165) is 0 Å². The molecule has 7 nitrogen and oxygen atoms in total. The molecule has 1 rings (SSSR count). The molecule has 0 heterocycles. The molecule has 0 bridgehead atoms. The standard InChI is InChI=1S/C13H16N2O5S/c1-3-4-10(2)13(16)14-21(19,20)9-11-5-7-12(8-6-11)15(17)18/h4-8H,3,9H2,1-2H3,(H,14,16). The number of amides is 1. The van der Waals surface area contributed by atoms with Crippen molar-refractivity contribution in [3.63, 3.8) is 0 Å². The fourth-order valence-corrected chi connectivity index (χ4v) is 2.74. The highest BCUT2D eigenvalue weighted by molar-refractivity contribution is 7.89. The van der Waals surface area contributed by atoms with Crippen LogP contribution in [0.2, 0.25) is 0 Å². The van der Waals surface area contributed by atoms with Gasteiger partial charge in [-0.05, 0) is 18.9 Å². The quantitative estimate of drug-likeness (QED) is 0.490. The zero-order chi connectivity index (χ0) is 16.0. The molecule has 0 fully saturated rings. The van der Waals surface area contributed by atoms with E-state index in [1.165, 1.54) is 31.2 Å². The van der Waals surface area contributed by atoms with Gasteiger partial charge in [-0.1, -0.05) is 25.1 Å². The van der Waals surface area contributed by atoms with Crippen molar-refractivity contribution in [3.05, 3.63) is 51.6 Å². The summed E-state index contributed by atoms with van der Waals surface area (Å²) in [6.45, 7) is 3.36. The first kappa shape index (κ1) is 16.8. The number of rotatable bonds is 6. The Bertz CT molecular complexity index is 662. The van der Waals surface area contributed by atoms with Gasteiger partial charge >= 0.3 is 0 Å². The van der Waals surface area contributed by atoms with E-state index in [2.05, 4.69) is 0 Å². The van der Waals surface area contributed by atoms with Gasteiger partial charge in [0.25, 0.3) is 11.6 Å². The highest BCUT2D eigenvalue weighted by Crippen LogP contribution is 2.13. The summed E-state index contributed by atoms with van der Waals surface area (Å²) in [6, 6.07) is 5.12. The van der Waals surface area contributed by atoms with Crippen LogP contribution in [0.15, 0.2) is 35.9 Å². The fraction of sp³-hybridized carbons (Fsp3) is 0.308. The second-order valence-electron chi connectivity index (χ2n) is 4.41. The Morgan fingerprint density at radius 1 is 1.33 bits per heavy atom. The smallest absolute Gasteiger partial charge is 0.269 e. The molecule has 0 aromatic heterocycles. The number of hydrogen-bond acceptors (Lipinski definition) is 5. The van der Waals surface area contributed by atoms with Crippen LogP contribution in [0.4, 0.5) is 5.69 Å². The molecular weight excluding hydrogens is 296 g/mol. The molecule has 0 atom stereocenters. The monoisotopic (exact) mass is 312 g/mol. The maximum absolute atomic E-state index is 11.8. The molecule has 1 amide bonds. The minimum atomic E-state index is -3.84. The van der Waals surface area contributed by atoms with E-state index >= 15 is 0 Å². The lowest BCUT2D eigenvalue weighted by molar-refractivity contribution is -0.384. The lowest BCUT2D eigenvalue weighted by atomic mass is 10.2. The van der Waals surface area contributed by atoms with Gasteiger partial charge in [0.1, 0.15) is 0 Å². The molecule has 1 aromatic carbocycles. The molecule has 0 saturated heterocycles. The van der Waals surface area contributed by atoms with Gasteiger partial charge in [0.15, 0.2) is 0 Å². The molecular formula is C13H16N2O5S. The number of carbonyl (C=O) groups excluding carboxylic acids is 1. The number of nitro groups is 1. The van der Waals surface area contributed by atoms with E-state index in [0.29, 0.717) is 17.6 Å². The molecule has 1 aromatic rings. The van der Waals surface area contributed by atoms with Gasteiger partial charge in [-0.3, -0.25) is 14.9 Å². The van der Waals surface area contributed by atoms with Crippen LogP contribution in [0, 0.1) is 10.1 Å². The molecule has 0 aliphatic carbocycles. The zero-order valence-electron chi connectivity index (χ0n) is 11.7. The molecule has 0 aliphatic rings. The van der Waals surface area contributed by atoms with Crippen LogP contribution in [0.1, 0.15) is 25.8 Å². The Morgan fingerprint density at radius 3 is 2.38 bits per heavy atom. The average Bonchev–Trinajstić information content (AvgIpc) is 2.38. The molecule has 0 spiro atoms. The van der Waals surface area contributed by atoms with Crippen molar-refractivity contribution < 1.29 is 18.1 Å². The van der Waals surface area contributed by atoms with Gasteiger partial charge < -0.3 is 0 Å². The number of non-ortho nitro benzene ring substituents is 1. The van der Waals surface area contributed by atoms with Crippen molar-refractivity contribution in [3.8, 4) is 0 Å². The number of allylic oxidation sites excluding steroid dienone is 1. The second-order valence-corrected chi connectivity index (χ2v) is 6.13. The van der Waals surface area contributed by atoms with Gasteiger partial charge in [-0.15, -0.1) is 0 Å². The summed E-state index contributed by atoms with van der Waals surface area (Å²) in [5, 5.41) is 10.5. The van der Waals surface area contributed by atoms with E-state index in [1.54, 1.807) is 6.08 Å². The molecule has 8 heteroatoms. The van der Waals surface area contributed by atoms with E-state index in [9.17, 15) is 23.3 Å². The highest BCUT2D eigenvalue weighted by atomic mass is 32.2. The number of nitro benzene ring substituents is 1.